The highest BCUT2D eigenvalue weighted by Crippen LogP contribution is 2.40. The summed E-state index contributed by atoms with van der Waals surface area (Å²) in [5.74, 6) is -0.528. The average molecular weight is 596 g/mol. The summed E-state index contributed by atoms with van der Waals surface area (Å²) in [5, 5.41) is 9.62. The molecule has 1 aliphatic rings. The van der Waals surface area contributed by atoms with Gasteiger partial charge < -0.3 is 14.6 Å². The second kappa shape index (κ2) is 12.8. The van der Waals surface area contributed by atoms with Gasteiger partial charge in [-0.25, -0.2) is 9.79 Å². The predicted molar refractivity (Wildman–Crippen MR) is 154 cm³/mol. The van der Waals surface area contributed by atoms with E-state index < -0.39 is 12.6 Å². The molecule has 1 heterocycles. The smallest absolute Gasteiger partial charge is 0.341 e. The van der Waals surface area contributed by atoms with E-state index in [4.69, 9.17) is 19.6 Å². The summed E-state index contributed by atoms with van der Waals surface area (Å²) >= 11 is 4.78. The molecule has 0 aromatic heterocycles. The average Bonchev–Trinajstić information content (AvgIpc) is 3.17. The standard InChI is InChI=1S/C29H27BrN2O5S/c1-3-36-24-16-21(15-23(30)27(24)37-18-26(33)34)17-25-28(35)32(14-13-20-7-5-4-6-8-20)29(38-25)31-22-11-9-19(2)10-12-22/h4-12,15-17H,3,13-14,18H2,1-2H3,(H,33,34)/b25-17+,31-29?. The van der Waals surface area contributed by atoms with Crippen molar-refractivity contribution in [2.75, 3.05) is 19.8 Å². The van der Waals surface area contributed by atoms with Gasteiger partial charge in [0, 0.05) is 6.54 Å². The van der Waals surface area contributed by atoms with E-state index in [1.54, 1.807) is 23.1 Å². The van der Waals surface area contributed by atoms with Gasteiger partial charge in [0.25, 0.3) is 5.91 Å². The van der Waals surface area contributed by atoms with Gasteiger partial charge in [-0.3, -0.25) is 9.69 Å². The molecule has 1 aliphatic heterocycles. The zero-order valence-electron chi connectivity index (χ0n) is 21.0. The first-order valence-electron chi connectivity index (χ1n) is 12.1. The summed E-state index contributed by atoms with van der Waals surface area (Å²) in [6.45, 7) is 4.21. The van der Waals surface area contributed by atoms with Crippen LogP contribution in [0.15, 0.2) is 81.1 Å². The van der Waals surface area contributed by atoms with Crippen LogP contribution in [0.5, 0.6) is 11.5 Å². The molecular formula is C29H27BrN2O5S. The molecule has 0 bridgehead atoms. The Kier molecular flexibility index (Phi) is 9.25. The lowest BCUT2D eigenvalue weighted by atomic mass is 10.1. The van der Waals surface area contributed by atoms with E-state index >= 15 is 0 Å². The number of hydrogen-bond donors (Lipinski definition) is 1. The van der Waals surface area contributed by atoms with E-state index in [0.29, 0.717) is 51.2 Å². The van der Waals surface area contributed by atoms with Gasteiger partial charge in [-0.1, -0.05) is 48.0 Å². The Morgan fingerprint density at radius 3 is 2.53 bits per heavy atom. The molecule has 0 spiro atoms. The molecule has 4 rings (SSSR count). The van der Waals surface area contributed by atoms with E-state index in [1.807, 2.05) is 68.4 Å². The van der Waals surface area contributed by atoms with Crippen LogP contribution in [-0.4, -0.2) is 46.8 Å². The minimum atomic E-state index is -1.09. The first-order chi connectivity index (χ1) is 18.3. The topological polar surface area (TPSA) is 88.4 Å². The number of hydrogen-bond acceptors (Lipinski definition) is 6. The van der Waals surface area contributed by atoms with Gasteiger partial charge in [-0.15, -0.1) is 0 Å². The number of aryl methyl sites for hydroxylation is 1. The fourth-order valence-corrected chi connectivity index (χ4v) is 5.36. The predicted octanol–water partition coefficient (Wildman–Crippen LogP) is 6.47. The maximum atomic E-state index is 13.5. The number of halogens is 1. The molecular weight excluding hydrogens is 568 g/mol. The van der Waals surface area contributed by atoms with Crippen LogP contribution >= 0.6 is 27.7 Å². The molecule has 1 fully saturated rings. The molecule has 1 saturated heterocycles. The Morgan fingerprint density at radius 1 is 1.11 bits per heavy atom. The Hall–Kier alpha value is -3.56. The van der Waals surface area contributed by atoms with Crippen molar-refractivity contribution < 1.29 is 24.2 Å². The van der Waals surface area contributed by atoms with Gasteiger partial charge in [-0.05, 0) is 89.4 Å². The van der Waals surface area contributed by atoms with Gasteiger partial charge in [0.2, 0.25) is 0 Å². The molecule has 0 unspecified atom stereocenters. The zero-order chi connectivity index (χ0) is 27.1. The molecule has 0 radical (unpaired) electrons. The number of amides is 1. The van der Waals surface area contributed by atoms with E-state index in [2.05, 4.69) is 15.9 Å². The molecule has 3 aromatic rings. The maximum Gasteiger partial charge on any atom is 0.341 e. The lowest BCUT2D eigenvalue weighted by Gasteiger charge is -2.15. The van der Waals surface area contributed by atoms with Gasteiger partial charge in [0.05, 0.1) is 21.7 Å². The molecule has 3 aromatic carbocycles. The van der Waals surface area contributed by atoms with Gasteiger partial charge in [-0.2, -0.15) is 0 Å². The Labute approximate surface area is 234 Å². The molecule has 9 heteroatoms. The molecule has 0 aliphatic carbocycles. The number of aliphatic carboxylic acids is 1. The SMILES string of the molecule is CCOc1cc(/C=C2/SC(=Nc3ccc(C)cc3)N(CCc3ccccc3)C2=O)cc(Br)c1OCC(=O)O. The molecule has 0 atom stereocenters. The number of carbonyl (C=O) groups excluding carboxylic acids is 1. The van der Waals surface area contributed by atoms with E-state index in [1.165, 1.54) is 11.8 Å². The van der Waals surface area contributed by atoms with Crippen LogP contribution in [-0.2, 0) is 16.0 Å². The summed E-state index contributed by atoms with van der Waals surface area (Å²) in [6.07, 6.45) is 2.48. The lowest BCUT2D eigenvalue weighted by Crippen LogP contribution is -2.31. The van der Waals surface area contributed by atoms with E-state index in [9.17, 15) is 9.59 Å². The number of rotatable bonds is 10. The van der Waals surface area contributed by atoms with Crippen molar-refractivity contribution in [3.8, 4) is 11.5 Å². The summed E-state index contributed by atoms with van der Waals surface area (Å²) < 4.78 is 11.6. The van der Waals surface area contributed by atoms with Crippen molar-refractivity contribution in [3.05, 3.63) is 92.8 Å². The van der Waals surface area contributed by atoms with Crippen LogP contribution in [0.4, 0.5) is 5.69 Å². The number of benzene rings is 3. The summed E-state index contributed by atoms with van der Waals surface area (Å²) in [5.41, 5.74) is 3.76. The lowest BCUT2D eigenvalue weighted by molar-refractivity contribution is -0.139. The minimum Gasteiger partial charge on any atom is -0.490 e. The first-order valence-corrected chi connectivity index (χ1v) is 13.7. The summed E-state index contributed by atoms with van der Waals surface area (Å²) in [4.78, 5) is 31.6. The van der Waals surface area contributed by atoms with E-state index in [-0.39, 0.29) is 5.91 Å². The van der Waals surface area contributed by atoms with Crippen LogP contribution in [0.2, 0.25) is 0 Å². The van der Waals surface area contributed by atoms with E-state index in [0.717, 1.165) is 16.8 Å². The normalized spacial score (nSPS) is 15.3. The molecule has 38 heavy (non-hydrogen) atoms. The van der Waals surface area contributed by atoms with Crippen molar-refractivity contribution in [1.82, 2.24) is 4.90 Å². The van der Waals surface area contributed by atoms with Gasteiger partial charge in [0.15, 0.2) is 23.3 Å². The Morgan fingerprint density at radius 2 is 1.84 bits per heavy atom. The monoisotopic (exact) mass is 594 g/mol. The number of amidine groups is 1. The van der Waals surface area contributed by atoms with Crippen molar-refractivity contribution in [3.63, 3.8) is 0 Å². The van der Waals surface area contributed by atoms with Crippen LogP contribution in [0.3, 0.4) is 0 Å². The number of thioether (sulfide) groups is 1. The largest absolute Gasteiger partial charge is 0.490 e. The number of carboxylic acids is 1. The van der Waals surface area contributed by atoms with Gasteiger partial charge in [0.1, 0.15) is 0 Å². The highest BCUT2D eigenvalue weighted by molar-refractivity contribution is 9.10. The fourth-order valence-electron chi connectivity index (χ4n) is 3.76. The first kappa shape index (κ1) is 27.5. The summed E-state index contributed by atoms with van der Waals surface area (Å²) in [6, 6.07) is 21.4. The number of aliphatic imine (C=N–C) groups is 1. The van der Waals surface area contributed by atoms with Crippen molar-refractivity contribution >= 4 is 56.5 Å². The van der Waals surface area contributed by atoms with Crippen molar-refractivity contribution in [1.29, 1.82) is 0 Å². The second-order valence-corrected chi connectivity index (χ2v) is 10.3. The van der Waals surface area contributed by atoms with Crippen LogP contribution < -0.4 is 9.47 Å². The second-order valence-electron chi connectivity index (χ2n) is 8.48. The third kappa shape index (κ3) is 7.05. The minimum absolute atomic E-state index is 0.128. The third-order valence-corrected chi connectivity index (χ3v) is 7.18. The van der Waals surface area contributed by atoms with Crippen molar-refractivity contribution in [2.24, 2.45) is 4.99 Å². The number of nitrogens with zero attached hydrogens (tertiary/aromatic N) is 2. The summed E-state index contributed by atoms with van der Waals surface area (Å²) in [7, 11) is 0. The van der Waals surface area contributed by atoms with Crippen LogP contribution in [0.25, 0.3) is 6.08 Å². The molecule has 0 saturated carbocycles. The Bertz CT molecular complexity index is 1370. The Balaban J connectivity index is 1.66. The molecule has 196 valence electrons. The van der Waals surface area contributed by atoms with Gasteiger partial charge >= 0.3 is 5.97 Å². The van der Waals surface area contributed by atoms with Crippen molar-refractivity contribution in [2.45, 2.75) is 20.3 Å². The number of carboxylic acid groups (broad SMARTS) is 1. The molecule has 1 N–H and O–H groups in total. The highest BCUT2D eigenvalue weighted by Gasteiger charge is 2.33. The molecule has 1 amide bonds. The maximum absolute atomic E-state index is 13.5. The third-order valence-electron chi connectivity index (χ3n) is 5.58. The quantitative estimate of drug-likeness (QED) is 0.271. The molecule has 7 nitrogen and oxygen atoms in total. The highest BCUT2D eigenvalue weighted by atomic mass is 79.9. The zero-order valence-corrected chi connectivity index (χ0v) is 23.4. The van der Waals surface area contributed by atoms with Crippen LogP contribution in [0, 0.1) is 6.92 Å². The van der Waals surface area contributed by atoms with Crippen LogP contribution in [0.1, 0.15) is 23.6 Å². The fraction of sp³-hybridized carbons (Fsp3) is 0.207. The number of carbonyl (C=O) groups is 2. The number of ether oxygens (including phenoxy) is 2.